The van der Waals surface area contributed by atoms with Crippen LogP contribution in [0.15, 0.2) is 60.9 Å². The van der Waals surface area contributed by atoms with Crippen LogP contribution in [-0.4, -0.2) is 31.2 Å². The van der Waals surface area contributed by atoms with Gasteiger partial charge in [0.2, 0.25) is 0 Å². The predicted octanol–water partition coefficient (Wildman–Crippen LogP) is 6.73. The van der Waals surface area contributed by atoms with Crippen LogP contribution in [0.2, 0.25) is 5.02 Å². The summed E-state index contributed by atoms with van der Waals surface area (Å²) in [6.45, 7) is -0.218. The Labute approximate surface area is 195 Å². The minimum absolute atomic E-state index is 0.0322. The Morgan fingerprint density at radius 3 is 2.15 bits per heavy atom. The Morgan fingerprint density at radius 2 is 1.59 bits per heavy atom. The van der Waals surface area contributed by atoms with Gasteiger partial charge in [-0.15, -0.1) is 0 Å². The molecule has 0 radical (unpaired) electrons. The predicted molar refractivity (Wildman–Crippen MR) is 115 cm³/mol. The second-order valence-electron chi connectivity index (χ2n) is 7.12. The number of carbonyl (C=O) groups is 1. The van der Waals surface area contributed by atoms with E-state index in [1.165, 1.54) is 25.6 Å². The Morgan fingerprint density at radius 1 is 0.971 bits per heavy atom. The van der Waals surface area contributed by atoms with Crippen LogP contribution in [0.3, 0.4) is 0 Å². The van der Waals surface area contributed by atoms with Crippen molar-refractivity contribution in [1.82, 2.24) is 4.98 Å². The summed E-state index contributed by atoms with van der Waals surface area (Å²) >= 11 is 6.28. The largest absolute Gasteiger partial charge is 0.416 e. The molecule has 0 atom stereocenters. The van der Waals surface area contributed by atoms with Crippen LogP contribution in [0.5, 0.6) is 0 Å². The number of ether oxygens (including phenoxy) is 1. The number of hydrogen-bond donors (Lipinski definition) is 0. The van der Waals surface area contributed by atoms with Gasteiger partial charge in [0.05, 0.1) is 29.6 Å². The van der Waals surface area contributed by atoms with Crippen molar-refractivity contribution in [3.05, 3.63) is 82.6 Å². The summed E-state index contributed by atoms with van der Waals surface area (Å²) < 4.78 is 84.9. The molecular formula is C23H17ClF6N2O2. The summed E-state index contributed by atoms with van der Waals surface area (Å²) in [6, 6.07) is 8.92. The van der Waals surface area contributed by atoms with Crippen LogP contribution in [-0.2, 0) is 17.1 Å². The van der Waals surface area contributed by atoms with Crippen molar-refractivity contribution in [2.24, 2.45) is 0 Å². The Bertz CT molecular complexity index is 1150. The number of nitrogens with zero attached hydrogens (tertiary/aromatic N) is 2. The molecule has 4 nitrogen and oxygen atoms in total. The van der Waals surface area contributed by atoms with Crippen LogP contribution in [0, 0.1) is 0 Å². The van der Waals surface area contributed by atoms with E-state index in [2.05, 4.69) is 4.98 Å². The molecule has 0 fully saturated rings. The first-order valence-corrected chi connectivity index (χ1v) is 10.1. The molecule has 1 aromatic heterocycles. The van der Waals surface area contributed by atoms with E-state index in [1.807, 2.05) is 0 Å². The fourth-order valence-corrected chi connectivity index (χ4v) is 3.49. The normalized spacial score (nSPS) is 12.0. The minimum atomic E-state index is -5.09. The van der Waals surface area contributed by atoms with Gasteiger partial charge in [-0.05, 0) is 30.3 Å². The van der Waals surface area contributed by atoms with Gasteiger partial charge < -0.3 is 9.64 Å². The van der Waals surface area contributed by atoms with Gasteiger partial charge in [0.25, 0.3) is 5.91 Å². The molecule has 3 aromatic rings. The van der Waals surface area contributed by atoms with Crippen molar-refractivity contribution in [1.29, 1.82) is 0 Å². The molecule has 0 aliphatic rings. The average Bonchev–Trinajstić information content (AvgIpc) is 2.78. The number of rotatable bonds is 6. The topological polar surface area (TPSA) is 42.4 Å². The monoisotopic (exact) mass is 502 g/mol. The third-order valence-electron chi connectivity index (χ3n) is 4.85. The first kappa shape index (κ1) is 25.5. The lowest BCUT2D eigenvalue weighted by Gasteiger charge is -2.26. The highest BCUT2D eigenvalue weighted by atomic mass is 35.5. The van der Waals surface area contributed by atoms with Crippen molar-refractivity contribution in [2.45, 2.75) is 12.4 Å². The number of pyridine rings is 1. The van der Waals surface area contributed by atoms with Crippen LogP contribution >= 0.6 is 11.6 Å². The second-order valence-corrected chi connectivity index (χ2v) is 7.52. The number of benzene rings is 2. The van der Waals surface area contributed by atoms with Crippen molar-refractivity contribution < 1.29 is 35.9 Å². The molecule has 0 N–H and O–H groups in total. The molecule has 11 heteroatoms. The third kappa shape index (κ3) is 5.68. The van der Waals surface area contributed by atoms with Crippen LogP contribution in [0.25, 0.3) is 11.1 Å². The lowest BCUT2D eigenvalue weighted by atomic mass is 10.0. The summed E-state index contributed by atoms with van der Waals surface area (Å²) in [5, 5.41) is 0.326. The van der Waals surface area contributed by atoms with Gasteiger partial charge in [-0.1, -0.05) is 29.8 Å². The van der Waals surface area contributed by atoms with Gasteiger partial charge in [-0.2, -0.15) is 26.3 Å². The zero-order valence-corrected chi connectivity index (χ0v) is 18.3. The number of halogens is 7. The number of anilines is 1. The third-order valence-corrected chi connectivity index (χ3v) is 5.18. The summed E-state index contributed by atoms with van der Waals surface area (Å²) in [7, 11) is 1.34. The highest BCUT2D eigenvalue weighted by Crippen LogP contribution is 2.38. The van der Waals surface area contributed by atoms with E-state index in [1.54, 1.807) is 24.3 Å². The minimum Gasteiger partial charge on any atom is -0.383 e. The van der Waals surface area contributed by atoms with Gasteiger partial charge in [0, 0.05) is 41.6 Å². The average molecular weight is 503 g/mol. The number of aromatic nitrogens is 1. The van der Waals surface area contributed by atoms with Crippen molar-refractivity contribution in [3.63, 3.8) is 0 Å². The Kier molecular flexibility index (Phi) is 7.52. The SMILES string of the molecule is COCCN(C(=O)c1cc(C(F)(F)F)cc(C(F)(F)F)c1)c1cnccc1-c1ccccc1Cl. The van der Waals surface area contributed by atoms with E-state index in [9.17, 15) is 31.1 Å². The standard InChI is InChI=1S/C23H17ClF6N2O2/c1-34-9-8-32(20-13-31-7-6-18(20)17-4-2-3-5-19(17)24)21(33)14-10-15(22(25,26)27)12-16(11-14)23(28,29)30/h2-7,10-13H,8-9H2,1H3. The quantitative estimate of drug-likeness (QED) is 0.351. The molecule has 0 bridgehead atoms. The summed E-state index contributed by atoms with van der Waals surface area (Å²) in [6.07, 6.45) is -7.48. The lowest BCUT2D eigenvalue weighted by molar-refractivity contribution is -0.143. The van der Waals surface area contributed by atoms with Gasteiger partial charge in [-0.3, -0.25) is 9.78 Å². The van der Waals surface area contributed by atoms with Crippen molar-refractivity contribution in [2.75, 3.05) is 25.2 Å². The molecule has 3 rings (SSSR count). The lowest BCUT2D eigenvalue weighted by Crippen LogP contribution is -2.35. The fraction of sp³-hybridized carbons (Fsp3) is 0.217. The Hall–Kier alpha value is -3.11. The first-order chi connectivity index (χ1) is 15.9. The van der Waals surface area contributed by atoms with Gasteiger partial charge in [0.15, 0.2) is 0 Å². The van der Waals surface area contributed by atoms with Gasteiger partial charge in [-0.25, -0.2) is 0 Å². The maximum atomic E-state index is 13.4. The highest BCUT2D eigenvalue weighted by molar-refractivity contribution is 6.33. The zero-order chi connectivity index (χ0) is 25.1. The molecule has 2 aromatic carbocycles. The molecule has 1 heterocycles. The molecule has 180 valence electrons. The summed E-state index contributed by atoms with van der Waals surface area (Å²) in [5.41, 5.74) is -2.91. The maximum absolute atomic E-state index is 13.4. The van der Waals surface area contributed by atoms with E-state index in [-0.39, 0.29) is 24.9 Å². The van der Waals surface area contributed by atoms with Crippen molar-refractivity contribution >= 4 is 23.2 Å². The van der Waals surface area contributed by atoms with Gasteiger partial charge in [0.1, 0.15) is 0 Å². The fourth-order valence-electron chi connectivity index (χ4n) is 3.26. The van der Waals surface area contributed by atoms with E-state index >= 15 is 0 Å². The van der Waals surface area contributed by atoms with E-state index in [0.29, 0.717) is 28.3 Å². The van der Waals surface area contributed by atoms with Crippen LogP contribution in [0.1, 0.15) is 21.5 Å². The number of methoxy groups -OCH3 is 1. The van der Waals surface area contributed by atoms with Crippen LogP contribution in [0.4, 0.5) is 32.0 Å². The molecule has 1 amide bonds. The number of carbonyl (C=O) groups excluding carboxylic acids is 1. The highest BCUT2D eigenvalue weighted by Gasteiger charge is 2.38. The van der Waals surface area contributed by atoms with Gasteiger partial charge >= 0.3 is 12.4 Å². The van der Waals surface area contributed by atoms with Crippen molar-refractivity contribution in [3.8, 4) is 11.1 Å². The van der Waals surface area contributed by atoms with E-state index in [0.717, 1.165) is 4.90 Å². The number of alkyl halides is 6. The smallest absolute Gasteiger partial charge is 0.383 e. The molecule has 0 saturated heterocycles. The molecule has 0 aliphatic heterocycles. The molecule has 0 spiro atoms. The number of hydrogen-bond acceptors (Lipinski definition) is 3. The molecular weight excluding hydrogens is 486 g/mol. The van der Waals surface area contributed by atoms with E-state index < -0.39 is 35.0 Å². The summed E-state index contributed by atoms with van der Waals surface area (Å²) in [5.74, 6) is -1.09. The molecule has 34 heavy (non-hydrogen) atoms. The molecule has 0 unspecified atom stereocenters. The molecule has 0 saturated carbocycles. The summed E-state index contributed by atoms with van der Waals surface area (Å²) in [4.78, 5) is 18.4. The second kappa shape index (κ2) is 10.0. The number of amides is 1. The molecule has 0 aliphatic carbocycles. The Balaban J connectivity index is 2.18. The maximum Gasteiger partial charge on any atom is 0.416 e. The van der Waals surface area contributed by atoms with E-state index in [4.69, 9.17) is 16.3 Å². The van der Waals surface area contributed by atoms with Crippen LogP contribution < -0.4 is 4.90 Å². The first-order valence-electron chi connectivity index (χ1n) is 9.72. The zero-order valence-electron chi connectivity index (χ0n) is 17.5.